The summed E-state index contributed by atoms with van der Waals surface area (Å²) in [5, 5.41) is 2.98. The van der Waals surface area contributed by atoms with Gasteiger partial charge in [-0.05, 0) is 33.0 Å². The monoisotopic (exact) mass is 262 g/mol. The normalized spacial score (nSPS) is 19.3. The lowest BCUT2D eigenvalue weighted by atomic mass is 9.99. The zero-order valence-corrected chi connectivity index (χ0v) is 12.1. The van der Waals surface area contributed by atoms with Gasteiger partial charge in [0.05, 0.1) is 5.56 Å². The third-order valence-corrected chi connectivity index (χ3v) is 3.88. The molecule has 0 saturated carbocycles. The van der Waals surface area contributed by atoms with Crippen LogP contribution in [0.15, 0.2) is 18.3 Å². The number of carbonyl (C=O) groups excluding carboxylic acids is 1. The molecule has 2 heterocycles. The summed E-state index contributed by atoms with van der Waals surface area (Å²) in [7, 11) is 3.89. The van der Waals surface area contributed by atoms with Crippen molar-refractivity contribution >= 4 is 11.7 Å². The molecule has 0 aromatic carbocycles. The van der Waals surface area contributed by atoms with Crippen molar-refractivity contribution in [2.75, 3.05) is 39.0 Å². The van der Waals surface area contributed by atoms with Gasteiger partial charge in [0, 0.05) is 38.4 Å². The maximum absolute atomic E-state index is 12.6. The number of hydrogen-bond acceptors (Lipinski definition) is 4. The molecular formula is C14H22N4O. The van der Waals surface area contributed by atoms with Crippen molar-refractivity contribution in [1.82, 2.24) is 14.8 Å². The molecule has 19 heavy (non-hydrogen) atoms. The molecule has 0 radical (unpaired) electrons. The van der Waals surface area contributed by atoms with E-state index in [0.717, 1.165) is 19.6 Å². The molecule has 1 aliphatic heterocycles. The van der Waals surface area contributed by atoms with Gasteiger partial charge in [0.15, 0.2) is 0 Å². The fourth-order valence-electron chi connectivity index (χ4n) is 2.36. The SMILES string of the molecule is CNc1ncccc1C(=O)N1CCN(C)C(C)(C)C1. The molecule has 2 rings (SSSR count). The number of anilines is 1. The molecule has 0 unspecified atom stereocenters. The van der Waals surface area contributed by atoms with Crippen LogP contribution in [0.1, 0.15) is 24.2 Å². The molecule has 0 spiro atoms. The quantitative estimate of drug-likeness (QED) is 0.872. The molecule has 1 aliphatic rings. The van der Waals surface area contributed by atoms with Crippen LogP contribution >= 0.6 is 0 Å². The van der Waals surface area contributed by atoms with E-state index in [9.17, 15) is 4.79 Å². The van der Waals surface area contributed by atoms with Crippen molar-refractivity contribution in [2.45, 2.75) is 19.4 Å². The third kappa shape index (κ3) is 2.71. The Morgan fingerprint density at radius 2 is 2.16 bits per heavy atom. The Morgan fingerprint density at radius 1 is 1.42 bits per heavy atom. The zero-order valence-electron chi connectivity index (χ0n) is 12.1. The minimum atomic E-state index is 0.00985. The van der Waals surface area contributed by atoms with Gasteiger partial charge in [-0.3, -0.25) is 9.69 Å². The van der Waals surface area contributed by atoms with Crippen LogP contribution in [0.3, 0.4) is 0 Å². The predicted octanol–water partition coefficient (Wildman–Crippen LogP) is 1.29. The Bertz CT molecular complexity index is 472. The van der Waals surface area contributed by atoms with Gasteiger partial charge >= 0.3 is 0 Å². The van der Waals surface area contributed by atoms with E-state index < -0.39 is 0 Å². The van der Waals surface area contributed by atoms with Gasteiger partial charge in [-0.2, -0.15) is 0 Å². The number of likely N-dealkylation sites (N-methyl/N-ethyl adjacent to an activating group) is 1. The Morgan fingerprint density at radius 3 is 2.79 bits per heavy atom. The number of nitrogens with zero attached hydrogens (tertiary/aromatic N) is 3. The highest BCUT2D eigenvalue weighted by atomic mass is 16.2. The topological polar surface area (TPSA) is 48.5 Å². The van der Waals surface area contributed by atoms with Crippen molar-refractivity contribution in [1.29, 1.82) is 0 Å². The van der Waals surface area contributed by atoms with E-state index in [1.54, 1.807) is 19.3 Å². The first-order valence-electron chi connectivity index (χ1n) is 6.59. The molecule has 1 saturated heterocycles. The van der Waals surface area contributed by atoms with E-state index >= 15 is 0 Å². The molecule has 1 aromatic rings. The second-order valence-electron chi connectivity index (χ2n) is 5.61. The summed E-state index contributed by atoms with van der Waals surface area (Å²) in [5.41, 5.74) is 0.654. The van der Waals surface area contributed by atoms with Crippen LogP contribution < -0.4 is 5.32 Å². The number of nitrogens with one attached hydrogen (secondary N) is 1. The van der Waals surface area contributed by atoms with Crippen molar-refractivity contribution in [3.63, 3.8) is 0 Å². The molecule has 104 valence electrons. The lowest BCUT2D eigenvalue weighted by Crippen LogP contribution is -2.58. The molecule has 5 nitrogen and oxygen atoms in total. The summed E-state index contributed by atoms with van der Waals surface area (Å²) in [5.74, 6) is 0.697. The average Bonchev–Trinajstić information content (AvgIpc) is 2.41. The van der Waals surface area contributed by atoms with Crippen LogP contribution in [-0.2, 0) is 0 Å². The van der Waals surface area contributed by atoms with Gasteiger partial charge in [0.1, 0.15) is 5.82 Å². The first-order chi connectivity index (χ1) is 8.95. The van der Waals surface area contributed by atoms with E-state index in [4.69, 9.17) is 0 Å². The molecule has 0 aliphatic carbocycles. The molecule has 1 N–H and O–H groups in total. The molecule has 0 atom stereocenters. The van der Waals surface area contributed by atoms with Crippen LogP contribution in [0.5, 0.6) is 0 Å². The van der Waals surface area contributed by atoms with Crippen molar-refractivity contribution < 1.29 is 4.79 Å². The van der Waals surface area contributed by atoms with Crippen LogP contribution in [0.2, 0.25) is 0 Å². The number of amides is 1. The van der Waals surface area contributed by atoms with E-state index in [2.05, 4.69) is 36.1 Å². The number of aromatic nitrogens is 1. The minimum absolute atomic E-state index is 0.00985. The fourth-order valence-corrected chi connectivity index (χ4v) is 2.36. The van der Waals surface area contributed by atoms with Crippen LogP contribution in [0.25, 0.3) is 0 Å². The highest BCUT2D eigenvalue weighted by molar-refractivity contribution is 5.98. The average molecular weight is 262 g/mol. The van der Waals surface area contributed by atoms with E-state index in [0.29, 0.717) is 11.4 Å². The van der Waals surface area contributed by atoms with Gasteiger partial charge in [0.25, 0.3) is 5.91 Å². The van der Waals surface area contributed by atoms with E-state index in [-0.39, 0.29) is 11.4 Å². The summed E-state index contributed by atoms with van der Waals surface area (Å²) in [6, 6.07) is 3.63. The molecular weight excluding hydrogens is 240 g/mol. The summed E-state index contributed by atoms with van der Waals surface area (Å²) in [4.78, 5) is 21.0. The van der Waals surface area contributed by atoms with Gasteiger partial charge < -0.3 is 10.2 Å². The maximum Gasteiger partial charge on any atom is 0.257 e. The Kier molecular flexibility index (Phi) is 3.75. The number of carbonyl (C=O) groups is 1. The third-order valence-electron chi connectivity index (χ3n) is 3.88. The van der Waals surface area contributed by atoms with Gasteiger partial charge in [-0.15, -0.1) is 0 Å². The van der Waals surface area contributed by atoms with E-state index in [1.807, 2.05) is 11.0 Å². The number of rotatable bonds is 2. The lowest BCUT2D eigenvalue weighted by Gasteiger charge is -2.45. The molecule has 0 bridgehead atoms. The standard InChI is InChI=1S/C14H22N4O/c1-14(2)10-18(9-8-17(14)4)13(19)11-6-5-7-16-12(11)15-3/h5-7H,8-10H2,1-4H3,(H,15,16). The number of piperazine rings is 1. The second-order valence-corrected chi connectivity index (χ2v) is 5.61. The Hall–Kier alpha value is -1.62. The highest BCUT2D eigenvalue weighted by Crippen LogP contribution is 2.22. The molecule has 5 heteroatoms. The smallest absolute Gasteiger partial charge is 0.257 e. The fraction of sp³-hybridized carbons (Fsp3) is 0.571. The Labute approximate surface area is 114 Å². The second kappa shape index (κ2) is 5.17. The lowest BCUT2D eigenvalue weighted by molar-refractivity contribution is 0.0312. The Balaban J connectivity index is 2.21. The van der Waals surface area contributed by atoms with E-state index in [1.165, 1.54) is 0 Å². The number of pyridine rings is 1. The summed E-state index contributed by atoms with van der Waals surface area (Å²) in [6.45, 7) is 6.72. The molecule has 1 amide bonds. The van der Waals surface area contributed by atoms with Crippen LogP contribution in [0.4, 0.5) is 5.82 Å². The van der Waals surface area contributed by atoms with Gasteiger partial charge in [-0.1, -0.05) is 0 Å². The minimum Gasteiger partial charge on any atom is -0.372 e. The first-order valence-corrected chi connectivity index (χ1v) is 6.59. The number of hydrogen-bond donors (Lipinski definition) is 1. The zero-order chi connectivity index (χ0) is 14.0. The first kappa shape index (κ1) is 13.8. The molecule has 1 aromatic heterocycles. The summed E-state index contributed by atoms with van der Waals surface area (Å²) >= 11 is 0. The summed E-state index contributed by atoms with van der Waals surface area (Å²) in [6.07, 6.45) is 1.69. The van der Waals surface area contributed by atoms with Gasteiger partial charge in [0.2, 0.25) is 0 Å². The van der Waals surface area contributed by atoms with Crippen LogP contribution in [0, 0.1) is 0 Å². The largest absolute Gasteiger partial charge is 0.372 e. The molecule has 1 fully saturated rings. The maximum atomic E-state index is 12.6. The van der Waals surface area contributed by atoms with Crippen molar-refractivity contribution in [2.24, 2.45) is 0 Å². The predicted molar refractivity (Wildman–Crippen MR) is 76.4 cm³/mol. The summed E-state index contributed by atoms with van der Waals surface area (Å²) < 4.78 is 0. The van der Waals surface area contributed by atoms with Gasteiger partial charge in [-0.25, -0.2) is 4.98 Å². The van der Waals surface area contributed by atoms with Crippen molar-refractivity contribution in [3.05, 3.63) is 23.9 Å². The highest BCUT2D eigenvalue weighted by Gasteiger charge is 2.34. The van der Waals surface area contributed by atoms with Crippen molar-refractivity contribution in [3.8, 4) is 0 Å². The van der Waals surface area contributed by atoms with Crippen LogP contribution in [-0.4, -0.2) is 60.0 Å².